The van der Waals surface area contributed by atoms with Crippen molar-refractivity contribution in [1.82, 2.24) is 0 Å². The third-order valence-electron chi connectivity index (χ3n) is 3.87. The summed E-state index contributed by atoms with van der Waals surface area (Å²) in [5.41, 5.74) is -1.79. The average Bonchev–Trinajstić information content (AvgIpc) is 3.10. The molecule has 0 spiro atoms. The van der Waals surface area contributed by atoms with E-state index in [2.05, 4.69) is 4.99 Å². The van der Waals surface area contributed by atoms with Gasteiger partial charge in [-0.25, -0.2) is 22.4 Å². The number of benzene rings is 1. The number of hydrogen-bond donors (Lipinski definition) is 2. The van der Waals surface area contributed by atoms with Gasteiger partial charge in [0.1, 0.15) is 11.3 Å². The normalized spacial score (nSPS) is 20.8. The summed E-state index contributed by atoms with van der Waals surface area (Å²) in [5.74, 6) is -10.5. The van der Waals surface area contributed by atoms with Crippen LogP contribution in [-0.2, 0) is 14.3 Å². The van der Waals surface area contributed by atoms with Gasteiger partial charge in [-0.15, -0.1) is 0 Å². The van der Waals surface area contributed by atoms with E-state index in [0.717, 1.165) is 6.21 Å². The maximum Gasteiger partial charge on any atom is 0.343 e. The molecule has 2 atom stereocenters. The number of carbonyl (C=O) groups excluding carboxylic acids is 1. The smallest absolute Gasteiger partial charge is 0.343 e. The molecule has 0 radical (unpaired) electrons. The van der Waals surface area contributed by atoms with Gasteiger partial charge < -0.3 is 19.7 Å². The van der Waals surface area contributed by atoms with Crippen molar-refractivity contribution in [1.29, 1.82) is 0 Å². The zero-order valence-corrected chi connectivity index (χ0v) is 14.2. The van der Waals surface area contributed by atoms with E-state index in [-0.39, 0.29) is 25.2 Å². The Bertz CT molecular complexity index is 781. The lowest BCUT2D eigenvalue weighted by molar-refractivity contribution is -0.137. The number of aliphatic hydroxyl groups is 2. The van der Waals surface area contributed by atoms with Crippen LogP contribution in [0.15, 0.2) is 16.6 Å². The van der Waals surface area contributed by atoms with Crippen molar-refractivity contribution in [3.8, 4) is 0 Å². The van der Waals surface area contributed by atoms with Gasteiger partial charge in [-0.05, 0) is 19.4 Å². The molecule has 2 N–H and O–H groups in total. The fourth-order valence-corrected chi connectivity index (χ4v) is 2.42. The number of rotatable bonds is 6. The third-order valence-corrected chi connectivity index (χ3v) is 3.87. The molecule has 1 fully saturated rings. The summed E-state index contributed by atoms with van der Waals surface area (Å²) in [7, 11) is 0. The van der Waals surface area contributed by atoms with Gasteiger partial charge in [-0.1, -0.05) is 0 Å². The first-order chi connectivity index (χ1) is 12.8. The van der Waals surface area contributed by atoms with Crippen molar-refractivity contribution in [3.63, 3.8) is 0 Å². The molecule has 0 aromatic heterocycles. The van der Waals surface area contributed by atoms with Gasteiger partial charge in [-0.2, -0.15) is 0 Å². The Balaban J connectivity index is 2.51. The highest BCUT2D eigenvalue weighted by Crippen LogP contribution is 2.26. The minimum atomic E-state index is -2.14. The van der Waals surface area contributed by atoms with Gasteiger partial charge in [-0.3, -0.25) is 4.99 Å². The van der Waals surface area contributed by atoms with Gasteiger partial charge in [0.2, 0.25) is 0 Å². The molecule has 2 rings (SSSR count). The SMILES string of the molecule is CCOC(=O)C(C=NC1OCCC1CO)=C(O)c1cc(F)c(F)c(F)c1F. The van der Waals surface area contributed by atoms with Crippen molar-refractivity contribution in [2.75, 3.05) is 19.8 Å². The molecule has 10 heteroatoms. The first-order valence-electron chi connectivity index (χ1n) is 8.01. The lowest BCUT2D eigenvalue weighted by Gasteiger charge is -2.12. The topological polar surface area (TPSA) is 88.4 Å². The molecule has 148 valence electrons. The van der Waals surface area contributed by atoms with Crippen molar-refractivity contribution in [2.24, 2.45) is 10.9 Å². The number of aliphatic hydroxyl groups excluding tert-OH is 2. The van der Waals surface area contributed by atoms with Crippen LogP contribution in [0.25, 0.3) is 5.76 Å². The van der Waals surface area contributed by atoms with Crippen LogP contribution in [0, 0.1) is 29.2 Å². The molecule has 0 aliphatic carbocycles. The Morgan fingerprint density at radius 3 is 2.67 bits per heavy atom. The Morgan fingerprint density at radius 1 is 1.33 bits per heavy atom. The van der Waals surface area contributed by atoms with Crippen LogP contribution in [0.3, 0.4) is 0 Å². The second-order valence-electron chi connectivity index (χ2n) is 5.60. The summed E-state index contributed by atoms with van der Waals surface area (Å²) in [6, 6.07) is 0.207. The summed E-state index contributed by atoms with van der Waals surface area (Å²) in [6.45, 7) is 1.41. The fourth-order valence-electron chi connectivity index (χ4n) is 2.42. The molecule has 6 nitrogen and oxygen atoms in total. The summed E-state index contributed by atoms with van der Waals surface area (Å²) >= 11 is 0. The summed E-state index contributed by atoms with van der Waals surface area (Å²) in [5, 5.41) is 19.4. The molecular formula is C17H17F4NO5. The van der Waals surface area contributed by atoms with Crippen LogP contribution in [0.5, 0.6) is 0 Å². The molecule has 0 amide bonds. The number of aliphatic imine (C=N–C) groups is 1. The first kappa shape index (κ1) is 20.8. The number of hydrogen-bond acceptors (Lipinski definition) is 6. The molecule has 1 aliphatic rings. The maximum atomic E-state index is 13.9. The molecule has 2 unspecified atom stereocenters. The van der Waals surface area contributed by atoms with Crippen LogP contribution in [0.1, 0.15) is 18.9 Å². The van der Waals surface area contributed by atoms with E-state index >= 15 is 0 Å². The summed E-state index contributed by atoms with van der Waals surface area (Å²) in [4.78, 5) is 16.0. The number of nitrogens with zero attached hydrogens (tertiary/aromatic N) is 1. The highest BCUT2D eigenvalue weighted by Gasteiger charge is 2.28. The summed E-state index contributed by atoms with van der Waals surface area (Å²) < 4.78 is 63.8. The minimum Gasteiger partial charge on any atom is -0.506 e. The third kappa shape index (κ3) is 4.45. The predicted molar refractivity (Wildman–Crippen MR) is 85.9 cm³/mol. The fraction of sp³-hybridized carbons (Fsp3) is 0.412. The number of carbonyl (C=O) groups is 1. The van der Waals surface area contributed by atoms with E-state index < -0.39 is 52.4 Å². The van der Waals surface area contributed by atoms with Gasteiger partial charge in [0.15, 0.2) is 29.5 Å². The monoisotopic (exact) mass is 391 g/mol. The van der Waals surface area contributed by atoms with Crippen LogP contribution < -0.4 is 0 Å². The second-order valence-corrected chi connectivity index (χ2v) is 5.60. The van der Waals surface area contributed by atoms with Crippen molar-refractivity contribution in [3.05, 3.63) is 40.5 Å². The Labute approximate surface area is 151 Å². The van der Waals surface area contributed by atoms with E-state index in [1.54, 1.807) is 0 Å². The standard InChI is InChI=1S/C17H17F4NO5/c1-2-26-17(25)10(6-22-16-8(7-23)3-4-27-16)15(24)9-5-11(18)13(20)14(21)12(9)19/h5-6,8,16,23-24H,2-4,7H2,1H3. The van der Waals surface area contributed by atoms with E-state index in [9.17, 15) is 32.6 Å². The lowest BCUT2D eigenvalue weighted by Crippen LogP contribution is -2.19. The van der Waals surface area contributed by atoms with Crippen LogP contribution in [0.2, 0.25) is 0 Å². The zero-order chi connectivity index (χ0) is 20.1. The van der Waals surface area contributed by atoms with Crippen LogP contribution in [0.4, 0.5) is 17.6 Å². The van der Waals surface area contributed by atoms with Crippen LogP contribution in [-0.4, -0.2) is 48.4 Å². The molecule has 1 saturated heterocycles. The molecule has 0 bridgehead atoms. The van der Waals surface area contributed by atoms with Crippen LogP contribution >= 0.6 is 0 Å². The van der Waals surface area contributed by atoms with Gasteiger partial charge in [0, 0.05) is 18.7 Å². The Hall–Kier alpha value is -2.46. The number of ether oxygens (including phenoxy) is 2. The van der Waals surface area contributed by atoms with Crippen molar-refractivity contribution < 1.29 is 42.0 Å². The zero-order valence-electron chi connectivity index (χ0n) is 14.2. The molecule has 0 saturated carbocycles. The number of esters is 1. The molecular weight excluding hydrogens is 374 g/mol. The van der Waals surface area contributed by atoms with Gasteiger partial charge in [0.05, 0.1) is 18.8 Å². The van der Waals surface area contributed by atoms with Gasteiger partial charge >= 0.3 is 5.97 Å². The predicted octanol–water partition coefficient (Wildman–Crippen LogP) is 2.50. The van der Waals surface area contributed by atoms with Crippen molar-refractivity contribution in [2.45, 2.75) is 19.6 Å². The highest BCUT2D eigenvalue weighted by molar-refractivity contribution is 6.15. The quantitative estimate of drug-likeness (QED) is 0.148. The van der Waals surface area contributed by atoms with Gasteiger partial charge in [0.25, 0.3) is 0 Å². The number of halogens is 4. The Kier molecular flexibility index (Phi) is 6.92. The maximum absolute atomic E-state index is 13.9. The second kappa shape index (κ2) is 8.96. The van der Waals surface area contributed by atoms with E-state index in [4.69, 9.17) is 9.47 Å². The molecule has 1 heterocycles. The molecule has 1 aromatic rings. The largest absolute Gasteiger partial charge is 0.506 e. The molecule has 1 aliphatic heterocycles. The average molecular weight is 391 g/mol. The lowest BCUT2D eigenvalue weighted by atomic mass is 10.1. The summed E-state index contributed by atoms with van der Waals surface area (Å²) in [6.07, 6.45) is 0.468. The van der Waals surface area contributed by atoms with E-state index in [0.29, 0.717) is 13.0 Å². The highest BCUT2D eigenvalue weighted by atomic mass is 19.2. The van der Waals surface area contributed by atoms with E-state index in [1.807, 2.05) is 0 Å². The first-order valence-corrected chi connectivity index (χ1v) is 8.01. The van der Waals surface area contributed by atoms with E-state index in [1.165, 1.54) is 6.92 Å². The molecule has 1 aromatic carbocycles. The molecule has 27 heavy (non-hydrogen) atoms. The van der Waals surface area contributed by atoms with Crippen molar-refractivity contribution >= 4 is 17.9 Å². The Morgan fingerprint density at radius 2 is 2.04 bits per heavy atom. The minimum absolute atomic E-state index is 0.114.